The number of anilines is 1. The fraction of sp³-hybridized carbons (Fsp3) is 0.0769. The maximum Gasteiger partial charge on any atom is 0.150 e. The molecule has 0 aliphatic rings. The molecule has 0 heterocycles. The van der Waals surface area contributed by atoms with E-state index in [2.05, 4.69) is 15.9 Å². The SMILES string of the molecule is Cc1ccc(F)cc1Oc1ccc(Br)cc1N. The van der Waals surface area contributed by atoms with Crippen molar-refractivity contribution in [3.8, 4) is 11.5 Å². The Bertz CT molecular complexity index is 557. The maximum absolute atomic E-state index is 13.1. The third kappa shape index (κ3) is 2.77. The first-order valence-corrected chi connectivity index (χ1v) is 5.84. The van der Waals surface area contributed by atoms with E-state index in [9.17, 15) is 4.39 Å². The van der Waals surface area contributed by atoms with Gasteiger partial charge in [-0.3, -0.25) is 0 Å². The van der Waals surface area contributed by atoms with Gasteiger partial charge in [0, 0.05) is 10.5 Å². The third-order valence-corrected chi connectivity index (χ3v) is 2.84. The van der Waals surface area contributed by atoms with E-state index in [1.807, 2.05) is 13.0 Å². The van der Waals surface area contributed by atoms with Gasteiger partial charge in [-0.15, -0.1) is 0 Å². The lowest BCUT2D eigenvalue weighted by Crippen LogP contribution is -1.94. The minimum Gasteiger partial charge on any atom is -0.455 e. The van der Waals surface area contributed by atoms with E-state index < -0.39 is 0 Å². The molecule has 0 aliphatic heterocycles. The zero-order chi connectivity index (χ0) is 12.4. The van der Waals surface area contributed by atoms with Crippen molar-refractivity contribution in [1.82, 2.24) is 0 Å². The predicted octanol–water partition coefficient (Wildman–Crippen LogP) is 4.27. The van der Waals surface area contributed by atoms with Crippen LogP contribution in [0.3, 0.4) is 0 Å². The van der Waals surface area contributed by atoms with Gasteiger partial charge < -0.3 is 10.5 Å². The molecule has 0 atom stereocenters. The van der Waals surface area contributed by atoms with Gasteiger partial charge in [0.15, 0.2) is 0 Å². The van der Waals surface area contributed by atoms with Crippen LogP contribution in [0.25, 0.3) is 0 Å². The highest BCUT2D eigenvalue weighted by molar-refractivity contribution is 9.10. The Morgan fingerprint density at radius 1 is 1.12 bits per heavy atom. The Kier molecular flexibility index (Phi) is 3.33. The molecule has 2 aromatic carbocycles. The highest BCUT2D eigenvalue weighted by Gasteiger charge is 2.06. The molecule has 0 radical (unpaired) electrons. The molecule has 0 saturated heterocycles. The first-order chi connectivity index (χ1) is 8.06. The van der Waals surface area contributed by atoms with Crippen LogP contribution in [0.1, 0.15) is 5.56 Å². The summed E-state index contributed by atoms with van der Waals surface area (Å²) in [6.45, 7) is 1.85. The summed E-state index contributed by atoms with van der Waals surface area (Å²) in [6.07, 6.45) is 0. The van der Waals surface area contributed by atoms with Crippen LogP contribution in [0.5, 0.6) is 11.5 Å². The van der Waals surface area contributed by atoms with Crippen molar-refractivity contribution in [2.75, 3.05) is 5.73 Å². The monoisotopic (exact) mass is 295 g/mol. The molecule has 2 nitrogen and oxygen atoms in total. The van der Waals surface area contributed by atoms with E-state index in [1.165, 1.54) is 12.1 Å². The Labute approximate surface area is 107 Å². The van der Waals surface area contributed by atoms with Gasteiger partial charge in [0.25, 0.3) is 0 Å². The van der Waals surface area contributed by atoms with Crippen LogP contribution in [0.2, 0.25) is 0 Å². The lowest BCUT2D eigenvalue weighted by Gasteiger charge is -2.11. The smallest absolute Gasteiger partial charge is 0.150 e. The van der Waals surface area contributed by atoms with Gasteiger partial charge in [0.2, 0.25) is 0 Å². The molecule has 0 amide bonds. The second-order valence-electron chi connectivity index (χ2n) is 3.69. The highest BCUT2D eigenvalue weighted by atomic mass is 79.9. The average molecular weight is 296 g/mol. The number of hydrogen-bond donors (Lipinski definition) is 1. The first-order valence-electron chi connectivity index (χ1n) is 5.05. The zero-order valence-corrected chi connectivity index (χ0v) is 10.8. The molecule has 2 N–H and O–H groups in total. The van der Waals surface area contributed by atoms with Crippen molar-refractivity contribution in [3.63, 3.8) is 0 Å². The fourth-order valence-corrected chi connectivity index (χ4v) is 1.79. The topological polar surface area (TPSA) is 35.2 Å². The quantitative estimate of drug-likeness (QED) is 0.840. The van der Waals surface area contributed by atoms with Crippen LogP contribution < -0.4 is 10.5 Å². The molecule has 4 heteroatoms. The summed E-state index contributed by atoms with van der Waals surface area (Å²) in [6, 6.07) is 9.71. The third-order valence-electron chi connectivity index (χ3n) is 2.34. The number of aryl methyl sites for hydroxylation is 1. The van der Waals surface area contributed by atoms with Crippen LogP contribution in [0.4, 0.5) is 10.1 Å². The predicted molar refractivity (Wildman–Crippen MR) is 69.8 cm³/mol. The van der Waals surface area contributed by atoms with Crippen molar-refractivity contribution in [2.45, 2.75) is 6.92 Å². The standard InChI is InChI=1S/C13H11BrFNO/c1-8-2-4-10(15)7-13(8)17-12-5-3-9(14)6-11(12)16/h2-7H,16H2,1H3. The molecule has 0 bridgehead atoms. The van der Waals surface area contributed by atoms with Crippen LogP contribution in [-0.4, -0.2) is 0 Å². The van der Waals surface area contributed by atoms with Crippen molar-refractivity contribution < 1.29 is 9.13 Å². The Hall–Kier alpha value is -1.55. The number of nitrogens with two attached hydrogens (primary N) is 1. The largest absolute Gasteiger partial charge is 0.455 e. The summed E-state index contributed by atoms with van der Waals surface area (Å²) in [5.41, 5.74) is 7.17. The van der Waals surface area contributed by atoms with E-state index in [0.717, 1.165) is 10.0 Å². The van der Waals surface area contributed by atoms with Gasteiger partial charge in [0.1, 0.15) is 17.3 Å². The van der Waals surface area contributed by atoms with E-state index in [4.69, 9.17) is 10.5 Å². The van der Waals surface area contributed by atoms with Crippen LogP contribution in [0, 0.1) is 12.7 Å². The number of hydrogen-bond acceptors (Lipinski definition) is 2. The average Bonchev–Trinajstić information content (AvgIpc) is 2.27. The number of nitrogen functional groups attached to an aromatic ring is 1. The van der Waals surface area contributed by atoms with Gasteiger partial charge in [-0.05, 0) is 36.8 Å². The van der Waals surface area contributed by atoms with E-state index >= 15 is 0 Å². The lowest BCUT2D eigenvalue weighted by molar-refractivity contribution is 0.475. The van der Waals surface area contributed by atoms with E-state index in [0.29, 0.717) is 17.2 Å². The Morgan fingerprint density at radius 2 is 1.88 bits per heavy atom. The summed E-state index contributed by atoms with van der Waals surface area (Å²) < 4.78 is 19.6. The van der Waals surface area contributed by atoms with Crippen LogP contribution >= 0.6 is 15.9 Å². The molecular formula is C13H11BrFNO. The number of halogens is 2. The van der Waals surface area contributed by atoms with Crippen LogP contribution in [-0.2, 0) is 0 Å². The molecule has 0 saturated carbocycles. The summed E-state index contributed by atoms with van der Waals surface area (Å²) in [7, 11) is 0. The molecule has 0 unspecified atom stereocenters. The molecule has 88 valence electrons. The number of benzene rings is 2. The second kappa shape index (κ2) is 4.75. The van der Waals surface area contributed by atoms with Crippen LogP contribution in [0.15, 0.2) is 40.9 Å². The van der Waals surface area contributed by atoms with E-state index in [1.54, 1.807) is 18.2 Å². The molecule has 0 fully saturated rings. The molecular weight excluding hydrogens is 285 g/mol. The summed E-state index contributed by atoms with van der Waals surface area (Å²) in [5, 5.41) is 0. The highest BCUT2D eigenvalue weighted by Crippen LogP contribution is 2.31. The first kappa shape index (κ1) is 11.9. The molecule has 0 aliphatic carbocycles. The molecule has 2 aromatic rings. The summed E-state index contributed by atoms with van der Waals surface area (Å²) >= 11 is 3.31. The van der Waals surface area contributed by atoms with Crippen molar-refractivity contribution >= 4 is 21.6 Å². The van der Waals surface area contributed by atoms with Crippen molar-refractivity contribution in [3.05, 3.63) is 52.3 Å². The van der Waals surface area contributed by atoms with Gasteiger partial charge in [-0.1, -0.05) is 22.0 Å². The fourth-order valence-electron chi connectivity index (χ4n) is 1.41. The molecule has 2 rings (SSSR count). The normalized spacial score (nSPS) is 10.3. The van der Waals surface area contributed by atoms with Crippen molar-refractivity contribution in [2.24, 2.45) is 0 Å². The minimum atomic E-state index is -0.332. The number of ether oxygens (including phenoxy) is 1. The molecule has 0 aromatic heterocycles. The second-order valence-corrected chi connectivity index (χ2v) is 4.61. The van der Waals surface area contributed by atoms with Gasteiger partial charge in [-0.2, -0.15) is 0 Å². The Morgan fingerprint density at radius 3 is 2.59 bits per heavy atom. The number of rotatable bonds is 2. The molecule has 0 spiro atoms. The van der Waals surface area contributed by atoms with Crippen molar-refractivity contribution in [1.29, 1.82) is 0 Å². The molecule has 17 heavy (non-hydrogen) atoms. The summed E-state index contributed by atoms with van der Waals surface area (Å²) in [4.78, 5) is 0. The zero-order valence-electron chi connectivity index (χ0n) is 9.21. The summed E-state index contributed by atoms with van der Waals surface area (Å²) in [5.74, 6) is 0.655. The van der Waals surface area contributed by atoms with Gasteiger partial charge >= 0.3 is 0 Å². The lowest BCUT2D eigenvalue weighted by atomic mass is 10.2. The maximum atomic E-state index is 13.1. The Balaban J connectivity index is 2.34. The minimum absolute atomic E-state index is 0.332. The van der Waals surface area contributed by atoms with Gasteiger partial charge in [-0.25, -0.2) is 4.39 Å². The van der Waals surface area contributed by atoms with Gasteiger partial charge in [0.05, 0.1) is 5.69 Å². The van der Waals surface area contributed by atoms with E-state index in [-0.39, 0.29) is 5.82 Å².